The van der Waals surface area contributed by atoms with E-state index in [9.17, 15) is 9.90 Å². The maximum Gasteiger partial charge on any atom is 0.303 e. The van der Waals surface area contributed by atoms with Crippen molar-refractivity contribution in [2.24, 2.45) is 46.3 Å². The minimum atomic E-state index is -0.656. The normalized spacial score (nSPS) is 50.4. The highest BCUT2D eigenvalue weighted by atomic mass is 16.4. The van der Waals surface area contributed by atoms with Gasteiger partial charge >= 0.3 is 5.97 Å². The second kappa shape index (κ2) is 7.04. The fourth-order valence-corrected chi connectivity index (χ4v) is 8.88. The standard InChI is InChI=1S/C24H40O3/c1-15(7-10-22(26)27)17-8-9-18-16-14-21(25)20-6-4-5-12-23(20,2)19(16)11-13-24(17,18)3/h15-21,25H,4-14H2,1-3H3,(H,26,27)/t15-,16+,17-,18+,19+,20-,21+,23-,24-/m1/s1. The molecule has 0 spiro atoms. The molecule has 0 unspecified atom stereocenters. The van der Waals surface area contributed by atoms with Gasteiger partial charge in [0.1, 0.15) is 0 Å². The maximum atomic E-state index is 11.1. The number of aliphatic hydroxyl groups excluding tert-OH is 1. The first-order valence-corrected chi connectivity index (χ1v) is 11.7. The Morgan fingerprint density at radius 2 is 1.74 bits per heavy atom. The van der Waals surface area contributed by atoms with Gasteiger partial charge in [0.25, 0.3) is 0 Å². The topological polar surface area (TPSA) is 57.5 Å². The van der Waals surface area contributed by atoms with Crippen molar-refractivity contribution in [3.63, 3.8) is 0 Å². The number of hydrogen-bond donors (Lipinski definition) is 2. The monoisotopic (exact) mass is 376 g/mol. The molecule has 0 aromatic rings. The van der Waals surface area contributed by atoms with E-state index < -0.39 is 5.97 Å². The Morgan fingerprint density at radius 3 is 2.48 bits per heavy atom. The molecule has 0 bridgehead atoms. The minimum Gasteiger partial charge on any atom is -0.481 e. The van der Waals surface area contributed by atoms with Crippen LogP contribution in [0.15, 0.2) is 0 Å². The molecule has 0 aliphatic heterocycles. The fraction of sp³-hybridized carbons (Fsp3) is 0.958. The second-order valence-electron chi connectivity index (χ2n) is 11.2. The largest absolute Gasteiger partial charge is 0.481 e. The van der Waals surface area contributed by atoms with Crippen molar-refractivity contribution in [3.05, 3.63) is 0 Å². The van der Waals surface area contributed by atoms with Crippen LogP contribution in [0.25, 0.3) is 0 Å². The molecule has 27 heavy (non-hydrogen) atoms. The molecule has 9 atom stereocenters. The first-order valence-electron chi connectivity index (χ1n) is 11.7. The summed E-state index contributed by atoms with van der Waals surface area (Å²) < 4.78 is 0. The van der Waals surface area contributed by atoms with Gasteiger partial charge in [-0.3, -0.25) is 4.79 Å². The van der Waals surface area contributed by atoms with Crippen LogP contribution in [0.4, 0.5) is 0 Å². The summed E-state index contributed by atoms with van der Waals surface area (Å²) >= 11 is 0. The number of rotatable bonds is 4. The maximum absolute atomic E-state index is 11.1. The van der Waals surface area contributed by atoms with Crippen LogP contribution in [0.5, 0.6) is 0 Å². The third kappa shape index (κ3) is 3.07. The predicted octanol–water partition coefficient (Wildman–Crippen LogP) is 5.51. The summed E-state index contributed by atoms with van der Waals surface area (Å²) in [6, 6.07) is 0. The zero-order valence-electron chi connectivity index (χ0n) is 17.6. The molecule has 0 aromatic carbocycles. The molecule has 0 saturated heterocycles. The summed E-state index contributed by atoms with van der Waals surface area (Å²) in [5.74, 6) is 3.27. The quantitative estimate of drug-likeness (QED) is 0.680. The summed E-state index contributed by atoms with van der Waals surface area (Å²) in [7, 11) is 0. The van der Waals surface area contributed by atoms with Crippen molar-refractivity contribution in [2.75, 3.05) is 0 Å². The van der Waals surface area contributed by atoms with Crippen LogP contribution in [0.2, 0.25) is 0 Å². The molecular formula is C24H40O3. The van der Waals surface area contributed by atoms with Crippen LogP contribution in [0.1, 0.15) is 91.4 Å². The summed E-state index contributed by atoms with van der Waals surface area (Å²) in [6.07, 6.45) is 12.5. The molecule has 0 radical (unpaired) electrons. The van der Waals surface area contributed by atoms with Gasteiger partial charge in [0.15, 0.2) is 0 Å². The molecule has 154 valence electrons. The number of aliphatic hydroxyl groups is 1. The van der Waals surface area contributed by atoms with Crippen molar-refractivity contribution >= 4 is 5.97 Å². The third-order valence-corrected chi connectivity index (χ3v) is 10.2. The van der Waals surface area contributed by atoms with Gasteiger partial charge < -0.3 is 10.2 Å². The lowest BCUT2D eigenvalue weighted by molar-refractivity contribution is -0.159. The van der Waals surface area contributed by atoms with Crippen LogP contribution in [-0.2, 0) is 4.79 Å². The molecule has 3 heteroatoms. The van der Waals surface area contributed by atoms with Gasteiger partial charge in [0.05, 0.1) is 6.10 Å². The van der Waals surface area contributed by atoms with E-state index in [1.165, 1.54) is 51.4 Å². The van der Waals surface area contributed by atoms with Gasteiger partial charge in [-0.25, -0.2) is 0 Å². The second-order valence-corrected chi connectivity index (χ2v) is 11.2. The van der Waals surface area contributed by atoms with Crippen molar-refractivity contribution in [1.29, 1.82) is 0 Å². The molecule has 0 heterocycles. The Labute approximate surface area is 165 Å². The van der Waals surface area contributed by atoms with E-state index in [0.717, 1.165) is 24.7 Å². The van der Waals surface area contributed by atoms with E-state index in [2.05, 4.69) is 20.8 Å². The Hall–Kier alpha value is -0.570. The van der Waals surface area contributed by atoms with Gasteiger partial charge in [-0.15, -0.1) is 0 Å². The molecule has 4 rings (SSSR count). The first-order chi connectivity index (χ1) is 12.8. The van der Waals surface area contributed by atoms with Crippen LogP contribution < -0.4 is 0 Å². The number of fused-ring (bicyclic) bond motifs is 5. The number of carboxylic acids is 1. The van der Waals surface area contributed by atoms with Crippen molar-refractivity contribution in [3.8, 4) is 0 Å². The minimum absolute atomic E-state index is 0.0950. The molecule has 4 fully saturated rings. The molecular weight excluding hydrogens is 336 g/mol. The van der Waals surface area contributed by atoms with E-state index in [4.69, 9.17) is 5.11 Å². The summed E-state index contributed by atoms with van der Waals surface area (Å²) in [4.78, 5) is 11.0. The number of aliphatic carboxylic acids is 1. The smallest absolute Gasteiger partial charge is 0.303 e. The van der Waals surface area contributed by atoms with E-state index in [0.29, 0.717) is 40.9 Å². The molecule has 4 aliphatic carbocycles. The predicted molar refractivity (Wildman–Crippen MR) is 107 cm³/mol. The molecule has 0 aromatic heterocycles. The lowest BCUT2D eigenvalue weighted by Gasteiger charge is -2.62. The van der Waals surface area contributed by atoms with E-state index in [1.807, 2.05) is 0 Å². The van der Waals surface area contributed by atoms with Crippen LogP contribution in [0, 0.1) is 46.3 Å². The molecule has 0 amide bonds. The fourth-order valence-electron chi connectivity index (χ4n) is 8.88. The molecule has 4 saturated carbocycles. The SMILES string of the molecule is C[C@H](CCC(=O)O)[C@H]1CC[C@H]2[C@@H]3C[C@H](O)[C@H]4CCCC[C@]4(C)[C@H]3CC[C@]12C. The van der Waals surface area contributed by atoms with Crippen LogP contribution >= 0.6 is 0 Å². The highest BCUT2D eigenvalue weighted by molar-refractivity contribution is 5.66. The van der Waals surface area contributed by atoms with Crippen molar-refractivity contribution in [1.82, 2.24) is 0 Å². The van der Waals surface area contributed by atoms with Gasteiger partial charge in [-0.05, 0) is 97.7 Å². The van der Waals surface area contributed by atoms with E-state index in [-0.39, 0.29) is 6.10 Å². The first kappa shape index (κ1) is 19.7. The van der Waals surface area contributed by atoms with Gasteiger partial charge in [-0.1, -0.05) is 33.6 Å². The van der Waals surface area contributed by atoms with Crippen LogP contribution in [-0.4, -0.2) is 22.3 Å². The molecule has 3 nitrogen and oxygen atoms in total. The average molecular weight is 377 g/mol. The molecule has 2 N–H and O–H groups in total. The summed E-state index contributed by atoms with van der Waals surface area (Å²) in [6.45, 7) is 7.33. The third-order valence-electron chi connectivity index (χ3n) is 10.2. The van der Waals surface area contributed by atoms with Crippen molar-refractivity contribution in [2.45, 2.75) is 97.5 Å². The van der Waals surface area contributed by atoms with Gasteiger partial charge in [0, 0.05) is 6.42 Å². The van der Waals surface area contributed by atoms with Gasteiger partial charge in [0.2, 0.25) is 0 Å². The lowest BCUT2D eigenvalue weighted by atomic mass is 9.44. The van der Waals surface area contributed by atoms with Gasteiger partial charge in [-0.2, -0.15) is 0 Å². The summed E-state index contributed by atoms with van der Waals surface area (Å²) in [5, 5.41) is 20.2. The van der Waals surface area contributed by atoms with E-state index >= 15 is 0 Å². The Kier molecular flexibility index (Phi) is 5.15. The number of hydrogen-bond acceptors (Lipinski definition) is 2. The summed E-state index contributed by atoms with van der Waals surface area (Å²) in [5.41, 5.74) is 0.714. The van der Waals surface area contributed by atoms with E-state index in [1.54, 1.807) is 0 Å². The average Bonchev–Trinajstić information content (AvgIpc) is 2.97. The lowest BCUT2D eigenvalue weighted by Crippen LogP contribution is -2.57. The number of carboxylic acid groups (broad SMARTS) is 1. The van der Waals surface area contributed by atoms with Crippen LogP contribution in [0.3, 0.4) is 0 Å². The van der Waals surface area contributed by atoms with Crippen molar-refractivity contribution < 1.29 is 15.0 Å². The zero-order chi connectivity index (χ0) is 19.4. The Balaban J connectivity index is 1.55. The Bertz CT molecular complexity index is 574. The highest BCUT2D eigenvalue weighted by Gasteiger charge is 2.61. The zero-order valence-corrected chi connectivity index (χ0v) is 17.6. The molecule has 4 aliphatic rings. The highest BCUT2D eigenvalue weighted by Crippen LogP contribution is 2.68. The Morgan fingerprint density at radius 1 is 1.00 bits per heavy atom. The number of carbonyl (C=O) groups is 1.